The minimum Gasteiger partial charge on any atom is -0.441 e. The Labute approximate surface area is 136 Å². The maximum absolute atomic E-state index is 13.2. The molecule has 0 atom stereocenters. The molecule has 1 aliphatic heterocycles. The Balaban J connectivity index is 1.78. The summed E-state index contributed by atoms with van der Waals surface area (Å²) < 4.78 is 28.6. The molecule has 2 aromatic rings. The normalized spacial score (nSPS) is 16.4. The fraction of sp³-hybridized carbons (Fsp3) is 0.176. The van der Waals surface area contributed by atoms with Crippen molar-refractivity contribution in [3.05, 3.63) is 53.5 Å². The van der Waals surface area contributed by atoms with E-state index in [0.29, 0.717) is 11.6 Å². The minimum atomic E-state index is -1.29. The van der Waals surface area contributed by atoms with Gasteiger partial charge in [0, 0.05) is 31.7 Å². The molecule has 0 spiro atoms. The number of anilines is 2. The highest BCUT2D eigenvalue weighted by atomic mass is 19.1. The average molecular weight is 331 g/mol. The Morgan fingerprint density at radius 1 is 1.08 bits per heavy atom. The molecule has 1 aliphatic rings. The van der Waals surface area contributed by atoms with Gasteiger partial charge in [-0.05, 0) is 24.3 Å². The van der Waals surface area contributed by atoms with E-state index in [4.69, 9.17) is 13.9 Å². The van der Waals surface area contributed by atoms with E-state index in [2.05, 4.69) is 5.32 Å². The van der Waals surface area contributed by atoms with Gasteiger partial charge in [-0.2, -0.15) is 0 Å². The number of ether oxygens (including phenoxy) is 2. The van der Waals surface area contributed by atoms with Gasteiger partial charge in [-0.3, -0.25) is 0 Å². The van der Waals surface area contributed by atoms with Gasteiger partial charge in [0.05, 0.1) is 0 Å². The van der Waals surface area contributed by atoms with Crippen molar-refractivity contribution in [2.24, 2.45) is 0 Å². The topological polar surface area (TPSA) is 77.8 Å². The number of nitrogens with one attached hydrogen (secondary N) is 1. The van der Waals surface area contributed by atoms with E-state index in [1.165, 1.54) is 32.1 Å². The van der Waals surface area contributed by atoms with E-state index in [-0.39, 0.29) is 17.2 Å². The minimum absolute atomic E-state index is 0.248. The second kappa shape index (κ2) is 5.84. The van der Waals surface area contributed by atoms with Gasteiger partial charge in [0.15, 0.2) is 5.88 Å². The predicted molar refractivity (Wildman–Crippen MR) is 82.6 cm³/mol. The fourth-order valence-corrected chi connectivity index (χ4v) is 2.13. The molecule has 2 heterocycles. The lowest BCUT2D eigenvalue weighted by molar-refractivity contribution is -0.222. The van der Waals surface area contributed by atoms with Crippen LogP contribution in [0, 0.1) is 5.82 Å². The van der Waals surface area contributed by atoms with Crippen molar-refractivity contribution in [2.45, 2.75) is 19.6 Å². The van der Waals surface area contributed by atoms with E-state index < -0.39 is 17.7 Å². The van der Waals surface area contributed by atoms with Gasteiger partial charge in [0.25, 0.3) is 5.79 Å². The molecule has 1 aromatic heterocycles. The summed E-state index contributed by atoms with van der Waals surface area (Å²) in [7, 11) is 0. The lowest BCUT2D eigenvalue weighted by Gasteiger charge is -2.29. The molecule has 124 valence electrons. The summed E-state index contributed by atoms with van der Waals surface area (Å²) in [4.78, 5) is 23.7. The maximum Gasteiger partial charge on any atom is 0.348 e. The molecule has 0 amide bonds. The zero-order chi connectivity index (χ0) is 17.3. The predicted octanol–water partition coefficient (Wildman–Crippen LogP) is 3.38. The van der Waals surface area contributed by atoms with Crippen LogP contribution < -0.4 is 5.32 Å². The molecule has 1 aromatic carbocycles. The van der Waals surface area contributed by atoms with Crippen LogP contribution in [0.15, 0.2) is 46.4 Å². The number of carbonyl (C=O) groups is 2. The van der Waals surface area contributed by atoms with E-state index >= 15 is 0 Å². The van der Waals surface area contributed by atoms with Crippen molar-refractivity contribution in [2.75, 3.05) is 5.32 Å². The van der Waals surface area contributed by atoms with Crippen molar-refractivity contribution >= 4 is 29.6 Å². The van der Waals surface area contributed by atoms with Gasteiger partial charge in [-0.15, -0.1) is 0 Å². The number of furan rings is 1. The van der Waals surface area contributed by atoms with Crippen LogP contribution in [0.3, 0.4) is 0 Å². The van der Waals surface area contributed by atoms with Crippen LogP contribution >= 0.6 is 0 Å². The lowest BCUT2D eigenvalue weighted by Crippen LogP contribution is -2.41. The van der Waals surface area contributed by atoms with Gasteiger partial charge in [0.2, 0.25) is 0 Å². The maximum atomic E-state index is 13.2. The van der Waals surface area contributed by atoms with Gasteiger partial charge >= 0.3 is 11.9 Å². The smallest absolute Gasteiger partial charge is 0.348 e. The Morgan fingerprint density at radius 3 is 2.46 bits per heavy atom. The molecule has 6 nitrogen and oxygen atoms in total. The summed E-state index contributed by atoms with van der Waals surface area (Å²) >= 11 is 0. The number of esters is 2. The summed E-state index contributed by atoms with van der Waals surface area (Å²) in [6.07, 6.45) is 1.23. The summed E-state index contributed by atoms with van der Waals surface area (Å²) in [5.41, 5.74) is 0.239. The lowest BCUT2D eigenvalue weighted by atomic mass is 10.2. The van der Waals surface area contributed by atoms with Gasteiger partial charge in [-0.25, -0.2) is 14.0 Å². The van der Waals surface area contributed by atoms with Crippen LogP contribution in [0.25, 0.3) is 6.08 Å². The number of hydrogen-bond donors (Lipinski definition) is 1. The first kappa shape index (κ1) is 15.8. The molecular weight excluding hydrogens is 317 g/mol. The highest BCUT2D eigenvalue weighted by molar-refractivity contribution is 6.18. The van der Waals surface area contributed by atoms with Crippen LogP contribution in [0.2, 0.25) is 0 Å². The molecule has 3 rings (SSSR count). The quantitative estimate of drug-likeness (QED) is 0.528. The molecule has 24 heavy (non-hydrogen) atoms. The summed E-state index contributed by atoms with van der Waals surface area (Å²) in [6.45, 7) is 2.93. The van der Waals surface area contributed by atoms with Crippen molar-refractivity contribution in [1.29, 1.82) is 0 Å². The Morgan fingerprint density at radius 2 is 1.79 bits per heavy atom. The van der Waals surface area contributed by atoms with Crippen LogP contribution in [-0.4, -0.2) is 17.7 Å². The number of cyclic esters (lactones) is 2. The molecule has 0 saturated carbocycles. The van der Waals surface area contributed by atoms with Crippen LogP contribution in [-0.2, 0) is 19.1 Å². The van der Waals surface area contributed by atoms with Gasteiger partial charge in [-0.1, -0.05) is 6.07 Å². The average Bonchev–Trinajstić information content (AvgIpc) is 2.89. The third-order valence-corrected chi connectivity index (χ3v) is 3.12. The third-order valence-electron chi connectivity index (χ3n) is 3.12. The van der Waals surface area contributed by atoms with Gasteiger partial charge < -0.3 is 19.2 Å². The monoisotopic (exact) mass is 331 g/mol. The van der Waals surface area contributed by atoms with Crippen LogP contribution in [0.4, 0.5) is 16.0 Å². The summed E-state index contributed by atoms with van der Waals surface area (Å²) in [6, 6.07) is 8.99. The fourth-order valence-electron chi connectivity index (χ4n) is 2.13. The summed E-state index contributed by atoms with van der Waals surface area (Å²) in [5.74, 6) is -2.68. The SMILES string of the molecule is CC1(C)OC(=O)C(=Cc2ccc(Nc3cccc(F)c3)o2)C(=O)O1. The number of hydrogen-bond acceptors (Lipinski definition) is 6. The van der Waals surface area contributed by atoms with Crippen LogP contribution in [0.1, 0.15) is 19.6 Å². The second-order valence-corrected chi connectivity index (χ2v) is 5.57. The highest BCUT2D eigenvalue weighted by Gasteiger charge is 2.39. The van der Waals surface area contributed by atoms with Crippen molar-refractivity contribution < 1.29 is 27.9 Å². The molecule has 1 saturated heterocycles. The first-order valence-corrected chi connectivity index (χ1v) is 7.13. The van der Waals surface area contributed by atoms with E-state index in [1.54, 1.807) is 24.3 Å². The molecule has 0 bridgehead atoms. The molecular formula is C17H14FNO5. The van der Waals surface area contributed by atoms with Gasteiger partial charge in [0.1, 0.15) is 17.2 Å². The molecule has 7 heteroatoms. The Hall–Kier alpha value is -3.09. The molecule has 1 N–H and O–H groups in total. The molecule has 1 fully saturated rings. The van der Waals surface area contributed by atoms with Crippen molar-refractivity contribution in [3.63, 3.8) is 0 Å². The molecule has 0 unspecified atom stereocenters. The van der Waals surface area contributed by atoms with E-state index in [0.717, 1.165) is 0 Å². The molecule has 0 radical (unpaired) electrons. The second-order valence-electron chi connectivity index (χ2n) is 5.57. The third kappa shape index (κ3) is 3.45. The first-order valence-electron chi connectivity index (χ1n) is 7.13. The Kier molecular flexibility index (Phi) is 3.84. The zero-order valence-corrected chi connectivity index (χ0v) is 13.0. The number of halogens is 1. The van der Waals surface area contributed by atoms with Crippen molar-refractivity contribution in [3.8, 4) is 0 Å². The number of benzene rings is 1. The van der Waals surface area contributed by atoms with Crippen molar-refractivity contribution in [1.82, 2.24) is 0 Å². The standard InChI is InChI=1S/C17H14FNO5/c1-17(2)23-15(20)13(16(21)24-17)9-12-6-7-14(22-12)19-11-5-3-4-10(18)8-11/h3-9,19H,1-2H3. The zero-order valence-electron chi connectivity index (χ0n) is 13.0. The first-order chi connectivity index (χ1) is 11.3. The highest BCUT2D eigenvalue weighted by Crippen LogP contribution is 2.26. The van der Waals surface area contributed by atoms with Crippen LogP contribution in [0.5, 0.6) is 0 Å². The summed E-state index contributed by atoms with van der Waals surface area (Å²) in [5, 5.41) is 2.87. The number of carbonyl (C=O) groups excluding carboxylic acids is 2. The molecule has 0 aliphatic carbocycles. The largest absolute Gasteiger partial charge is 0.441 e. The number of rotatable bonds is 3. The Bertz CT molecular complexity index is 815. The van der Waals surface area contributed by atoms with E-state index in [9.17, 15) is 14.0 Å². The van der Waals surface area contributed by atoms with E-state index in [1.807, 2.05) is 0 Å².